The van der Waals surface area contributed by atoms with Gasteiger partial charge in [0.2, 0.25) is 5.91 Å². The molecule has 2 aromatic carbocycles. The van der Waals surface area contributed by atoms with Gasteiger partial charge in [0.05, 0.1) is 0 Å². The van der Waals surface area contributed by atoms with Gasteiger partial charge in [-0.25, -0.2) is 9.59 Å². The van der Waals surface area contributed by atoms with E-state index in [1.54, 1.807) is 24.3 Å². The number of carbonyl (C=O) groups is 3. The van der Waals surface area contributed by atoms with Gasteiger partial charge in [-0.15, -0.1) is 0 Å². The molecule has 9 heteroatoms. The molecule has 0 saturated carbocycles. The van der Waals surface area contributed by atoms with Gasteiger partial charge in [0, 0.05) is 36.4 Å². The normalized spacial score (nSPS) is 13.4. The summed E-state index contributed by atoms with van der Waals surface area (Å²) in [5.41, 5.74) is 2.75. The average molecular weight is 507 g/mol. The molecule has 1 aliphatic rings. The van der Waals surface area contributed by atoms with Crippen LogP contribution in [0.4, 0.5) is 0 Å². The number of hydrogen-bond donors (Lipinski definition) is 3. The molecule has 0 saturated heterocycles. The number of rotatable bonds is 11. The van der Waals surface area contributed by atoms with Crippen molar-refractivity contribution in [1.82, 2.24) is 10.6 Å². The second kappa shape index (κ2) is 12.2. The van der Waals surface area contributed by atoms with Gasteiger partial charge in [-0.3, -0.25) is 9.59 Å². The van der Waals surface area contributed by atoms with E-state index >= 15 is 0 Å². The Morgan fingerprint density at radius 2 is 1.76 bits per heavy atom. The molecule has 1 aromatic heterocycles. The molecule has 194 valence electrons. The maximum Gasteiger partial charge on any atom is 0.339 e. The lowest BCUT2D eigenvalue weighted by molar-refractivity contribution is -0.141. The Labute approximate surface area is 213 Å². The minimum absolute atomic E-state index is 0.0771. The van der Waals surface area contributed by atoms with Crippen LogP contribution in [0.2, 0.25) is 0 Å². The molecule has 1 atom stereocenters. The van der Waals surface area contributed by atoms with Crippen molar-refractivity contribution >= 4 is 28.8 Å². The molecule has 1 unspecified atom stereocenters. The fourth-order valence-electron chi connectivity index (χ4n) is 4.51. The number of ether oxygens (including phenoxy) is 1. The Balaban J connectivity index is 1.20. The van der Waals surface area contributed by atoms with E-state index in [1.165, 1.54) is 0 Å². The van der Waals surface area contributed by atoms with Gasteiger partial charge in [0.15, 0.2) is 6.61 Å². The van der Waals surface area contributed by atoms with Crippen molar-refractivity contribution < 1.29 is 28.6 Å². The number of nitrogens with one attached hydrogen (secondary N) is 2. The maximum absolute atomic E-state index is 12.3. The van der Waals surface area contributed by atoms with Gasteiger partial charge in [-0.2, -0.15) is 0 Å². The summed E-state index contributed by atoms with van der Waals surface area (Å²) in [4.78, 5) is 48.1. The third-order valence-corrected chi connectivity index (χ3v) is 6.38. The lowest BCUT2D eigenvalue weighted by Crippen LogP contribution is -2.42. The highest BCUT2D eigenvalue weighted by Crippen LogP contribution is 2.29. The summed E-state index contributed by atoms with van der Waals surface area (Å²) in [6, 6.07) is 13.3. The highest BCUT2D eigenvalue weighted by atomic mass is 16.5. The van der Waals surface area contributed by atoms with Crippen LogP contribution in [0.3, 0.4) is 0 Å². The van der Waals surface area contributed by atoms with Crippen molar-refractivity contribution in [2.45, 2.75) is 51.0 Å². The fourth-order valence-corrected chi connectivity index (χ4v) is 4.51. The zero-order valence-electron chi connectivity index (χ0n) is 20.5. The molecule has 0 radical (unpaired) electrons. The SMILES string of the molecule is O=C(COc1ccc2c3c(c(=O)oc2c1)CCCC3)NCCCC(=O)NC(Cc1ccccc1)C(=O)O. The number of benzene rings is 2. The van der Waals surface area contributed by atoms with Crippen LogP contribution in [0.5, 0.6) is 5.75 Å². The van der Waals surface area contributed by atoms with Gasteiger partial charge < -0.3 is 24.9 Å². The first-order chi connectivity index (χ1) is 17.9. The molecule has 4 rings (SSSR count). The number of hydrogen-bond acceptors (Lipinski definition) is 6. The first-order valence-corrected chi connectivity index (χ1v) is 12.4. The molecule has 1 aliphatic carbocycles. The third kappa shape index (κ3) is 6.97. The minimum Gasteiger partial charge on any atom is -0.484 e. The fraction of sp³-hybridized carbons (Fsp3) is 0.357. The van der Waals surface area contributed by atoms with Crippen LogP contribution in [0.25, 0.3) is 11.0 Å². The largest absolute Gasteiger partial charge is 0.484 e. The van der Waals surface area contributed by atoms with E-state index in [1.807, 2.05) is 24.3 Å². The van der Waals surface area contributed by atoms with Crippen LogP contribution in [-0.2, 0) is 33.6 Å². The highest BCUT2D eigenvalue weighted by molar-refractivity contribution is 5.84. The molecule has 3 N–H and O–H groups in total. The average Bonchev–Trinajstić information content (AvgIpc) is 2.90. The summed E-state index contributed by atoms with van der Waals surface area (Å²) in [5, 5.41) is 15.5. The number of amides is 2. The number of carboxylic acid groups (broad SMARTS) is 1. The van der Waals surface area contributed by atoms with Crippen molar-refractivity contribution in [1.29, 1.82) is 0 Å². The quantitative estimate of drug-likeness (QED) is 0.269. The van der Waals surface area contributed by atoms with E-state index in [-0.39, 0.29) is 37.5 Å². The first kappa shape index (κ1) is 25.9. The standard InChI is InChI=1S/C28H30N2O7/c31-25(30-23(27(33)34)15-18-7-2-1-3-8-18)11-6-14-29-26(32)17-36-19-12-13-21-20-9-4-5-10-22(20)28(35)37-24(21)16-19/h1-3,7-8,12-13,16,23H,4-6,9-11,14-15,17H2,(H,29,32)(H,30,31)(H,33,34). The van der Waals surface area contributed by atoms with Crippen LogP contribution in [0.15, 0.2) is 57.7 Å². The van der Waals surface area contributed by atoms with E-state index in [2.05, 4.69) is 10.6 Å². The van der Waals surface area contributed by atoms with Gasteiger partial charge in [-0.1, -0.05) is 30.3 Å². The number of fused-ring (bicyclic) bond motifs is 3. The van der Waals surface area contributed by atoms with Gasteiger partial charge >= 0.3 is 11.6 Å². The third-order valence-electron chi connectivity index (χ3n) is 6.38. The maximum atomic E-state index is 12.3. The topological polar surface area (TPSA) is 135 Å². The molecule has 2 amide bonds. The van der Waals surface area contributed by atoms with Crippen molar-refractivity contribution in [3.8, 4) is 5.75 Å². The molecule has 0 bridgehead atoms. The summed E-state index contributed by atoms with van der Waals surface area (Å²) >= 11 is 0. The monoisotopic (exact) mass is 506 g/mol. The summed E-state index contributed by atoms with van der Waals surface area (Å²) in [5.74, 6) is -1.44. The molecular weight excluding hydrogens is 476 g/mol. The lowest BCUT2D eigenvalue weighted by Gasteiger charge is -2.16. The Hall–Kier alpha value is -4.14. The molecular formula is C28H30N2O7. The predicted molar refractivity (Wildman–Crippen MR) is 137 cm³/mol. The highest BCUT2D eigenvalue weighted by Gasteiger charge is 2.20. The van der Waals surface area contributed by atoms with E-state index in [4.69, 9.17) is 9.15 Å². The molecule has 3 aromatic rings. The number of aryl methyl sites for hydroxylation is 1. The van der Waals surface area contributed by atoms with Crippen LogP contribution >= 0.6 is 0 Å². The van der Waals surface area contributed by atoms with Crippen molar-refractivity contribution in [3.63, 3.8) is 0 Å². The predicted octanol–water partition coefficient (Wildman–Crippen LogP) is 2.76. The Morgan fingerprint density at radius 3 is 2.51 bits per heavy atom. The zero-order valence-corrected chi connectivity index (χ0v) is 20.5. The molecule has 0 spiro atoms. The van der Waals surface area contributed by atoms with Crippen molar-refractivity contribution in [2.75, 3.05) is 13.2 Å². The second-order valence-corrected chi connectivity index (χ2v) is 9.10. The number of carboxylic acids is 1. The Kier molecular flexibility index (Phi) is 8.56. The first-order valence-electron chi connectivity index (χ1n) is 12.4. The summed E-state index contributed by atoms with van der Waals surface area (Å²) in [6.45, 7) is 0.00973. The zero-order chi connectivity index (χ0) is 26.2. The van der Waals surface area contributed by atoms with E-state index in [9.17, 15) is 24.3 Å². The van der Waals surface area contributed by atoms with Gasteiger partial charge in [0.25, 0.3) is 5.91 Å². The number of aliphatic carboxylic acids is 1. The summed E-state index contributed by atoms with van der Waals surface area (Å²) < 4.78 is 11.0. The van der Waals surface area contributed by atoms with Crippen molar-refractivity contribution in [2.24, 2.45) is 0 Å². The van der Waals surface area contributed by atoms with E-state index < -0.39 is 17.9 Å². The van der Waals surface area contributed by atoms with Crippen LogP contribution in [0, 0.1) is 0 Å². The minimum atomic E-state index is -1.10. The summed E-state index contributed by atoms with van der Waals surface area (Å²) in [7, 11) is 0. The van der Waals surface area contributed by atoms with Crippen LogP contribution in [-0.4, -0.2) is 42.1 Å². The smallest absolute Gasteiger partial charge is 0.339 e. The second-order valence-electron chi connectivity index (χ2n) is 9.10. The van der Waals surface area contributed by atoms with Crippen LogP contribution in [0.1, 0.15) is 42.4 Å². The lowest BCUT2D eigenvalue weighted by atomic mass is 9.91. The molecule has 1 heterocycles. The Morgan fingerprint density at radius 1 is 1.00 bits per heavy atom. The molecule has 37 heavy (non-hydrogen) atoms. The Bertz CT molecular complexity index is 1330. The van der Waals surface area contributed by atoms with Gasteiger partial charge in [-0.05, 0) is 55.4 Å². The van der Waals surface area contributed by atoms with Gasteiger partial charge in [0.1, 0.15) is 17.4 Å². The van der Waals surface area contributed by atoms with Crippen molar-refractivity contribution in [3.05, 3.63) is 75.6 Å². The summed E-state index contributed by atoms with van der Waals surface area (Å²) in [6.07, 6.45) is 4.23. The molecule has 0 fully saturated rings. The number of carbonyl (C=O) groups excluding carboxylic acids is 2. The van der Waals surface area contributed by atoms with E-state index in [0.717, 1.165) is 47.8 Å². The molecule has 0 aliphatic heterocycles. The van der Waals surface area contributed by atoms with E-state index in [0.29, 0.717) is 17.8 Å². The van der Waals surface area contributed by atoms with Crippen LogP contribution < -0.4 is 21.0 Å². The molecule has 9 nitrogen and oxygen atoms in total.